The van der Waals surface area contributed by atoms with Crippen LogP contribution in [-0.2, 0) is 0 Å². The van der Waals surface area contributed by atoms with Gasteiger partial charge in [0.05, 0.1) is 12.0 Å². The number of benzene rings is 1. The Kier molecular flexibility index (Phi) is 2.69. The molecule has 0 radical (unpaired) electrons. The number of nitro groups is 1. The molecule has 0 spiro atoms. The second kappa shape index (κ2) is 3.75. The molecule has 5 heteroatoms. The van der Waals surface area contributed by atoms with Crippen molar-refractivity contribution in [2.45, 2.75) is 0 Å². The molecule has 0 aliphatic carbocycles. The zero-order chi connectivity index (χ0) is 9.84. The van der Waals surface area contributed by atoms with E-state index in [0.29, 0.717) is 5.69 Å². The highest BCUT2D eigenvalue weighted by atomic mass is 16.6. The number of anilines is 1. The van der Waals surface area contributed by atoms with E-state index in [0.717, 1.165) is 0 Å². The molecule has 0 fully saturated rings. The summed E-state index contributed by atoms with van der Waals surface area (Å²) in [7, 11) is 3.03. The standard InChI is InChI=1S/C8H10N2O3/c1-9-6-4-3-5-7(13-2)8(6)10(11)12/h3-5,9H,1-2H3. The lowest BCUT2D eigenvalue weighted by Crippen LogP contribution is -1.98. The van der Waals surface area contributed by atoms with Crippen LogP contribution < -0.4 is 10.1 Å². The van der Waals surface area contributed by atoms with Crippen LogP contribution in [0.1, 0.15) is 0 Å². The number of nitrogens with zero attached hydrogens (tertiary/aromatic N) is 1. The molecule has 0 saturated carbocycles. The quantitative estimate of drug-likeness (QED) is 0.570. The van der Waals surface area contributed by atoms with Gasteiger partial charge in [-0.2, -0.15) is 0 Å². The van der Waals surface area contributed by atoms with Crippen LogP contribution in [0.3, 0.4) is 0 Å². The second-order valence-electron chi connectivity index (χ2n) is 2.36. The normalized spacial score (nSPS) is 9.38. The summed E-state index contributed by atoms with van der Waals surface area (Å²) in [5, 5.41) is 13.4. The minimum Gasteiger partial charge on any atom is -0.490 e. The predicted molar refractivity (Wildman–Crippen MR) is 49.2 cm³/mol. The highest BCUT2D eigenvalue weighted by Crippen LogP contribution is 2.33. The first-order valence-corrected chi connectivity index (χ1v) is 3.70. The van der Waals surface area contributed by atoms with Crippen molar-refractivity contribution in [3.8, 4) is 5.75 Å². The summed E-state index contributed by atoms with van der Waals surface area (Å²) in [6, 6.07) is 4.87. The molecule has 0 amide bonds. The molecular weight excluding hydrogens is 172 g/mol. The van der Waals surface area contributed by atoms with E-state index in [1.165, 1.54) is 7.11 Å². The minimum absolute atomic E-state index is 0.0347. The molecule has 70 valence electrons. The minimum atomic E-state index is -0.468. The van der Waals surface area contributed by atoms with E-state index in [9.17, 15) is 10.1 Å². The molecule has 0 saturated heterocycles. The lowest BCUT2D eigenvalue weighted by atomic mass is 10.2. The maximum Gasteiger partial charge on any atom is 0.333 e. The van der Waals surface area contributed by atoms with Gasteiger partial charge in [-0.1, -0.05) is 6.07 Å². The SMILES string of the molecule is CNc1cccc(OC)c1[N+](=O)[O-]. The fraction of sp³-hybridized carbons (Fsp3) is 0.250. The summed E-state index contributed by atoms with van der Waals surface area (Å²) < 4.78 is 4.87. The molecule has 1 aromatic rings. The number of nitro benzene ring substituents is 1. The molecular formula is C8H10N2O3. The van der Waals surface area contributed by atoms with Crippen molar-refractivity contribution in [1.29, 1.82) is 0 Å². The molecule has 13 heavy (non-hydrogen) atoms. The first kappa shape index (κ1) is 9.31. The predicted octanol–water partition coefficient (Wildman–Crippen LogP) is 1.65. The molecule has 0 aliphatic heterocycles. The molecule has 0 unspecified atom stereocenters. The van der Waals surface area contributed by atoms with Gasteiger partial charge in [-0.25, -0.2) is 0 Å². The van der Waals surface area contributed by atoms with Crippen molar-refractivity contribution in [3.63, 3.8) is 0 Å². The van der Waals surface area contributed by atoms with Crippen molar-refractivity contribution in [2.75, 3.05) is 19.5 Å². The fourth-order valence-electron chi connectivity index (χ4n) is 1.08. The van der Waals surface area contributed by atoms with Crippen LogP contribution in [0.4, 0.5) is 11.4 Å². The van der Waals surface area contributed by atoms with Crippen molar-refractivity contribution < 1.29 is 9.66 Å². The Morgan fingerprint density at radius 2 is 2.23 bits per heavy atom. The number of methoxy groups -OCH3 is 1. The van der Waals surface area contributed by atoms with Crippen LogP contribution in [0.25, 0.3) is 0 Å². The third kappa shape index (κ3) is 1.69. The van der Waals surface area contributed by atoms with Gasteiger partial charge in [-0.15, -0.1) is 0 Å². The Morgan fingerprint density at radius 3 is 2.69 bits per heavy atom. The van der Waals surface area contributed by atoms with Crippen LogP contribution in [0.5, 0.6) is 5.75 Å². The van der Waals surface area contributed by atoms with E-state index in [4.69, 9.17) is 4.74 Å². The molecule has 0 aliphatic rings. The largest absolute Gasteiger partial charge is 0.490 e. The third-order valence-electron chi connectivity index (χ3n) is 1.67. The van der Waals surface area contributed by atoms with Gasteiger partial charge in [0, 0.05) is 7.05 Å². The zero-order valence-electron chi connectivity index (χ0n) is 7.40. The van der Waals surface area contributed by atoms with E-state index in [-0.39, 0.29) is 11.4 Å². The summed E-state index contributed by atoms with van der Waals surface area (Å²) in [4.78, 5) is 10.2. The van der Waals surface area contributed by atoms with Gasteiger partial charge in [0.1, 0.15) is 5.69 Å². The summed E-state index contributed by atoms with van der Waals surface area (Å²) in [6.45, 7) is 0. The molecule has 0 aromatic heterocycles. The van der Waals surface area contributed by atoms with Gasteiger partial charge in [0.15, 0.2) is 5.75 Å². The van der Waals surface area contributed by atoms with Crippen molar-refractivity contribution in [1.82, 2.24) is 0 Å². The average Bonchev–Trinajstić information content (AvgIpc) is 2.16. The van der Waals surface area contributed by atoms with Gasteiger partial charge in [0.2, 0.25) is 0 Å². The van der Waals surface area contributed by atoms with Gasteiger partial charge in [-0.05, 0) is 12.1 Å². The monoisotopic (exact) mass is 182 g/mol. The Hall–Kier alpha value is -1.78. The van der Waals surface area contributed by atoms with Gasteiger partial charge < -0.3 is 10.1 Å². The smallest absolute Gasteiger partial charge is 0.333 e. The average molecular weight is 182 g/mol. The number of para-hydroxylation sites is 1. The Bertz CT molecular complexity index is 303. The summed E-state index contributed by atoms with van der Waals surface area (Å²) in [5.74, 6) is 0.261. The molecule has 0 heterocycles. The number of hydrogen-bond acceptors (Lipinski definition) is 4. The van der Waals surface area contributed by atoms with Crippen LogP contribution in [0.15, 0.2) is 18.2 Å². The number of rotatable bonds is 3. The number of nitrogens with one attached hydrogen (secondary N) is 1. The van der Waals surface area contributed by atoms with Gasteiger partial charge in [0.25, 0.3) is 0 Å². The molecule has 1 rings (SSSR count). The Morgan fingerprint density at radius 1 is 1.54 bits per heavy atom. The van der Waals surface area contributed by atoms with Crippen molar-refractivity contribution in [2.24, 2.45) is 0 Å². The summed E-state index contributed by atoms with van der Waals surface area (Å²) in [5.41, 5.74) is 0.414. The van der Waals surface area contributed by atoms with E-state index >= 15 is 0 Å². The number of hydrogen-bond donors (Lipinski definition) is 1. The Labute approximate surface area is 75.5 Å². The van der Waals surface area contributed by atoms with Crippen LogP contribution in [0, 0.1) is 10.1 Å². The third-order valence-corrected chi connectivity index (χ3v) is 1.67. The first-order valence-electron chi connectivity index (χ1n) is 3.70. The van der Waals surface area contributed by atoms with Gasteiger partial charge >= 0.3 is 5.69 Å². The Balaban J connectivity index is 3.29. The maximum atomic E-state index is 10.6. The van der Waals surface area contributed by atoms with E-state index in [2.05, 4.69) is 5.32 Å². The van der Waals surface area contributed by atoms with Crippen LogP contribution >= 0.6 is 0 Å². The first-order chi connectivity index (χ1) is 6.20. The topological polar surface area (TPSA) is 64.4 Å². The molecule has 5 nitrogen and oxygen atoms in total. The second-order valence-corrected chi connectivity index (χ2v) is 2.36. The lowest BCUT2D eigenvalue weighted by molar-refractivity contribution is -0.384. The molecule has 0 bridgehead atoms. The highest BCUT2D eigenvalue weighted by molar-refractivity contribution is 5.68. The van der Waals surface area contributed by atoms with E-state index in [1.54, 1.807) is 25.2 Å². The van der Waals surface area contributed by atoms with E-state index in [1.807, 2.05) is 0 Å². The van der Waals surface area contributed by atoms with Crippen LogP contribution in [0.2, 0.25) is 0 Å². The van der Waals surface area contributed by atoms with Crippen molar-refractivity contribution in [3.05, 3.63) is 28.3 Å². The zero-order valence-corrected chi connectivity index (χ0v) is 7.40. The fourth-order valence-corrected chi connectivity index (χ4v) is 1.08. The summed E-state index contributed by atoms with van der Waals surface area (Å²) >= 11 is 0. The van der Waals surface area contributed by atoms with Gasteiger partial charge in [-0.3, -0.25) is 10.1 Å². The van der Waals surface area contributed by atoms with Crippen LogP contribution in [-0.4, -0.2) is 19.1 Å². The molecule has 1 aromatic carbocycles. The van der Waals surface area contributed by atoms with Crippen molar-refractivity contribution >= 4 is 11.4 Å². The molecule has 1 N–H and O–H groups in total. The number of ether oxygens (including phenoxy) is 1. The summed E-state index contributed by atoms with van der Waals surface area (Å²) in [6.07, 6.45) is 0. The molecule has 0 atom stereocenters. The highest BCUT2D eigenvalue weighted by Gasteiger charge is 2.18. The maximum absolute atomic E-state index is 10.6. The van der Waals surface area contributed by atoms with E-state index < -0.39 is 4.92 Å². The lowest BCUT2D eigenvalue weighted by Gasteiger charge is -2.05.